The van der Waals surface area contributed by atoms with Crippen LogP contribution in [0.15, 0.2) is 11.0 Å². The Bertz CT molecular complexity index is 1000. The Morgan fingerprint density at radius 3 is 2.92 bits per heavy atom. The number of esters is 1. The van der Waals surface area contributed by atoms with Gasteiger partial charge in [-0.3, -0.25) is 4.58 Å². The summed E-state index contributed by atoms with van der Waals surface area (Å²) in [7, 11) is 3.38. The van der Waals surface area contributed by atoms with Crippen LogP contribution in [-0.4, -0.2) is 40.3 Å². The van der Waals surface area contributed by atoms with Crippen molar-refractivity contribution in [3.8, 4) is 0 Å². The molecule has 8 nitrogen and oxygen atoms in total. The van der Waals surface area contributed by atoms with Gasteiger partial charge in [0.25, 0.3) is 0 Å². The molecule has 3 heterocycles. The van der Waals surface area contributed by atoms with E-state index < -0.39 is 17.3 Å². The quantitative estimate of drug-likeness (QED) is 0.462. The Balaban J connectivity index is 2.33. The third kappa shape index (κ3) is 2.44. The molecular formula is C14H15ClN4O4S. The second kappa shape index (κ2) is 6.06. The highest BCUT2D eigenvalue weighted by Gasteiger charge is 2.35. The van der Waals surface area contributed by atoms with Crippen LogP contribution in [0.1, 0.15) is 17.8 Å². The number of ether oxygens (including phenoxy) is 1. The van der Waals surface area contributed by atoms with Crippen LogP contribution in [0.25, 0.3) is 5.76 Å². The molecule has 128 valence electrons. The lowest BCUT2D eigenvalue weighted by Crippen LogP contribution is -2.41. The summed E-state index contributed by atoms with van der Waals surface area (Å²) in [5, 5.41) is 12.2. The second-order valence-corrected chi connectivity index (χ2v) is 6.99. The first-order valence-electron chi connectivity index (χ1n) is 7.21. The monoisotopic (exact) mass is 370 g/mol. The van der Waals surface area contributed by atoms with E-state index in [-0.39, 0.29) is 18.0 Å². The minimum Gasteiger partial charge on any atom is -0.865 e. The van der Waals surface area contributed by atoms with E-state index in [0.29, 0.717) is 16.6 Å². The summed E-state index contributed by atoms with van der Waals surface area (Å²) >= 11 is 7.18. The van der Waals surface area contributed by atoms with Gasteiger partial charge in [-0.05, 0) is 6.92 Å². The van der Waals surface area contributed by atoms with Crippen molar-refractivity contribution in [1.82, 2.24) is 18.7 Å². The number of nitrogens with zero attached hydrogens (tertiary/aromatic N) is 4. The first-order valence-corrected chi connectivity index (χ1v) is 8.41. The Morgan fingerprint density at radius 2 is 2.33 bits per heavy atom. The lowest BCUT2D eigenvalue weighted by Gasteiger charge is -2.11. The summed E-state index contributed by atoms with van der Waals surface area (Å²) in [6.45, 7) is 2.19. The zero-order chi connectivity index (χ0) is 17.6. The van der Waals surface area contributed by atoms with Crippen LogP contribution in [0.2, 0.25) is 4.47 Å². The fourth-order valence-corrected chi connectivity index (χ4v) is 3.95. The van der Waals surface area contributed by atoms with Crippen LogP contribution < -0.4 is 26.2 Å². The first-order chi connectivity index (χ1) is 11.4. The molecule has 2 aromatic rings. The van der Waals surface area contributed by atoms with Crippen molar-refractivity contribution in [3.63, 3.8) is 0 Å². The minimum absolute atomic E-state index is 0.0617. The molecule has 1 atom stereocenters. The summed E-state index contributed by atoms with van der Waals surface area (Å²) in [5.41, 5.74) is 0.0115. The predicted molar refractivity (Wildman–Crippen MR) is 86.3 cm³/mol. The average molecular weight is 371 g/mol. The van der Waals surface area contributed by atoms with Gasteiger partial charge in [0, 0.05) is 12.0 Å². The SMILES string of the molecule is CCOC(=O)/C([O-])=c1\c(=O)n(C)c2n1C(c1cnc(Cl)s1)C[N+]=2C. The number of halogens is 1. The van der Waals surface area contributed by atoms with Gasteiger partial charge in [-0.15, -0.1) is 11.3 Å². The van der Waals surface area contributed by atoms with Gasteiger partial charge >= 0.3 is 17.1 Å². The summed E-state index contributed by atoms with van der Waals surface area (Å²) in [6.07, 6.45) is 1.61. The number of imidazole rings is 1. The number of thiazole rings is 1. The fourth-order valence-electron chi connectivity index (χ4n) is 2.91. The molecule has 1 aliphatic heterocycles. The van der Waals surface area contributed by atoms with Gasteiger partial charge in [0.05, 0.1) is 25.6 Å². The van der Waals surface area contributed by atoms with Crippen molar-refractivity contribution in [3.05, 3.63) is 36.9 Å². The van der Waals surface area contributed by atoms with Gasteiger partial charge in [-0.25, -0.2) is 19.1 Å². The molecule has 1 aliphatic rings. The van der Waals surface area contributed by atoms with Gasteiger partial charge in [-0.1, -0.05) is 11.6 Å². The molecule has 0 radical (unpaired) electrons. The highest BCUT2D eigenvalue weighted by atomic mass is 35.5. The molecule has 0 bridgehead atoms. The molecule has 0 spiro atoms. The van der Waals surface area contributed by atoms with Crippen LogP contribution in [-0.2, 0) is 16.6 Å². The number of carbonyl (C=O) groups is 1. The van der Waals surface area contributed by atoms with Crippen molar-refractivity contribution in [2.24, 2.45) is 7.05 Å². The molecule has 2 aromatic heterocycles. The zero-order valence-electron chi connectivity index (χ0n) is 13.3. The maximum atomic E-state index is 12.5. The average Bonchev–Trinajstić information content (AvgIpc) is 3.17. The second-order valence-electron chi connectivity index (χ2n) is 5.34. The highest BCUT2D eigenvalue weighted by Crippen LogP contribution is 2.26. The summed E-state index contributed by atoms with van der Waals surface area (Å²) in [4.78, 5) is 29.2. The number of fused-ring (bicyclic) bond motifs is 1. The van der Waals surface area contributed by atoms with E-state index >= 15 is 0 Å². The predicted octanol–water partition coefficient (Wildman–Crippen LogP) is -1.95. The molecule has 0 aliphatic carbocycles. The molecule has 3 rings (SSSR count). The fraction of sp³-hybridized carbons (Fsp3) is 0.429. The molecule has 0 aromatic carbocycles. The molecule has 0 N–H and O–H groups in total. The number of hydrogen-bond donors (Lipinski definition) is 0. The molecule has 0 fully saturated rings. The number of likely N-dealkylation sites (N-methyl/N-ethyl adjacent to an activating group) is 1. The Kier molecular flexibility index (Phi) is 4.22. The molecule has 0 saturated heterocycles. The van der Waals surface area contributed by atoms with Crippen LogP contribution in [0, 0.1) is 0 Å². The van der Waals surface area contributed by atoms with E-state index in [1.54, 1.807) is 24.7 Å². The van der Waals surface area contributed by atoms with Crippen LogP contribution in [0.4, 0.5) is 0 Å². The van der Waals surface area contributed by atoms with E-state index in [1.807, 2.05) is 11.6 Å². The Hall–Kier alpha value is -2.13. The number of rotatable bonds is 3. The van der Waals surface area contributed by atoms with E-state index in [9.17, 15) is 14.7 Å². The third-order valence-electron chi connectivity index (χ3n) is 3.86. The summed E-state index contributed by atoms with van der Waals surface area (Å²) in [6, 6.07) is -0.322. The Morgan fingerprint density at radius 1 is 1.62 bits per heavy atom. The number of hydrogen-bond acceptors (Lipinski definition) is 6. The van der Waals surface area contributed by atoms with Crippen molar-refractivity contribution < 1.29 is 14.6 Å². The lowest BCUT2D eigenvalue weighted by molar-refractivity contribution is -0.254. The lowest BCUT2D eigenvalue weighted by atomic mass is 10.2. The molecule has 0 amide bonds. The van der Waals surface area contributed by atoms with Gasteiger partial charge < -0.3 is 9.84 Å². The van der Waals surface area contributed by atoms with Crippen LogP contribution in [0.3, 0.4) is 0 Å². The van der Waals surface area contributed by atoms with Gasteiger partial charge in [-0.2, -0.15) is 4.57 Å². The smallest absolute Gasteiger partial charge is 0.363 e. The van der Waals surface area contributed by atoms with Gasteiger partial charge in [0.2, 0.25) is 0 Å². The van der Waals surface area contributed by atoms with E-state index in [2.05, 4.69) is 4.98 Å². The van der Waals surface area contributed by atoms with Crippen molar-refractivity contribution in [2.75, 3.05) is 20.2 Å². The van der Waals surface area contributed by atoms with Crippen LogP contribution >= 0.6 is 22.9 Å². The third-order valence-corrected chi connectivity index (χ3v) is 5.08. The zero-order valence-corrected chi connectivity index (χ0v) is 14.8. The molecule has 24 heavy (non-hydrogen) atoms. The standard InChI is InChI=1S/C14H15ClN4O4S/c1-4-23-12(22)10(20)9-11(21)18(3)14-17(2)6-7(19(9)14)8-5-16-13(15)24-8/h5,7H,4,6H2,1-3H3. The number of aromatic nitrogens is 3. The van der Waals surface area contributed by atoms with Gasteiger partial charge in [0.1, 0.15) is 12.6 Å². The Labute approximate surface area is 145 Å². The maximum Gasteiger partial charge on any atom is 0.363 e. The summed E-state index contributed by atoms with van der Waals surface area (Å²) < 4.78 is 9.91. The minimum atomic E-state index is -1.04. The molecule has 10 heteroatoms. The largest absolute Gasteiger partial charge is 0.865 e. The van der Waals surface area contributed by atoms with Gasteiger partial charge in [0.15, 0.2) is 9.82 Å². The summed E-state index contributed by atoms with van der Waals surface area (Å²) in [5.74, 6) is -1.98. The maximum absolute atomic E-state index is 12.5. The molecular weight excluding hydrogens is 356 g/mol. The molecule has 0 saturated carbocycles. The van der Waals surface area contributed by atoms with Crippen molar-refractivity contribution in [2.45, 2.75) is 13.0 Å². The van der Waals surface area contributed by atoms with E-state index in [1.165, 1.54) is 15.9 Å². The van der Waals surface area contributed by atoms with E-state index in [4.69, 9.17) is 16.3 Å². The van der Waals surface area contributed by atoms with E-state index in [0.717, 1.165) is 4.88 Å². The van der Waals surface area contributed by atoms with Crippen LogP contribution in [0.5, 0.6) is 0 Å². The topological polar surface area (TPSA) is 92.2 Å². The highest BCUT2D eigenvalue weighted by molar-refractivity contribution is 7.15. The normalized spacial score (nSPS) is 17.8. The molecule has 1 unspecified atom stereocenters. The first kappa shape index (κ1) is 16.7. The van der Waals surface area contributed by atoms with Crippen molar-refractivity contribution in [1.29, 1.82) is 0 Å². The van der Waals surface area contributed by atoms with Crippen molar-refractivity contribution >= 4 is 34.7 Å². The number of carbonyl (C=O) groups excluding carboxylic acids is 1.